The van der Waals surface area contributed by atoms with Crippen LogP contribution in [0.15, 0.2) is 42.6 Å². The van der Waals surface area contributed by atoms with Gasteiger partial charge in [-0.05, 0) is 37.6 Å². The van der Waals surface area contributed by atoms with E-state index in [1.54, 1.807) is 0 Å². The van der Waals surface area contributed by atoms with E-state index >= 15 is 0 Å². The van der Waals surface area contributed by atoms with E-state index in [0.29, 0.717) is 12.6 Å². The molecule has 132 valence electrons. The largest absolute Gasteiger partial charge is 0.336 e. The van der Waals surface area contributed by atoms with Crippen molar-refractivity contribution >= 4 is 5.91 Å². The zero-order valence-corrected chi connectivity index (χ0v) is 14.5. The van der Waals surface area contributed by atoms with Crippen LogP contribution in [0.5, 0.6) is 0 Å². The number of hydrogen-bond acceptors (Lipinski definition) is 4. The Morgan fingerprint density at radius 2 is 2.04 bits per heavy atom. The molecule has 6 nitrogen and oxygen atoms in total. The number of piperidine rings is 1. The lowest BCUT2D eigenvalue weighted by Gasteiger charge is -2.41. The topological polar surface area (TPSA) is 53.4 Å². The van der Waals surface area contributed by atoms with E-state index in [2.05, 4.69) is 38.4 Å². The molecule has 1 atom stereocenters. The highest BCUT2D eigenvalue weighted by molar-refractivity contribution is 5.79. The molecule has 0 radical (unpaired) electrons. The van der Waals surface area contributed by atoms with Crippen molar-refractivity contribution < 1.29 is 4.79 Å². The molecule has 2 fully saturated rings. The highest BCUT2D eigenvalue weighted by Gasteiger charge is 2.30. The van der Waals surface area contributed by atoms with Crippen molar-refractivity contribution in [2.45, 2.75) is 25.4 Å². The summed E-state index contributed by atoms with van der Waals surface area (Å²) in [4.78, 5) is 16.7. The van der Waals surface area contributed by atoms with Gasteiger partial charge in [-0.3, -0.25) is 9.69 Å². The number of piperazine rings is 1. The average molecular weight is 339 g/mol. The van der Waals surface area contributed by atoms with Crippen molar-refractivity contribution in [2.24, 2.45) is 0 Å². The summed E-state index contributed by atoms with van der Waals surface area (Å²) < 4.78 is 2.01. The molecular formula is C19H25N5O. The van der Waals surface area contributed by atoms with Crippen LogP contribution in [0, 0.1) is 0 Å². The molecule has 25 heavy (non-hydrogen) atoms. The monoisotopic (exact) mass is 339 g/mol. The molecule has 3 heterocycles. The first kappa shape index (κ1) is 16.3. The molecule has 2 aromatic rings. The predicted octanol–water partition coefficient (Wildman–Crippen LogP) is 1.27. The number of carbonyl (C=O) groups is 1. The molecule has 0 bridgehead atoms. The smallest absolute Gasteiger partial charge is 0.236 e. The van der Waals surface area contributed by atoms with Gasteiger partial charge in [-0.15, -0.1) is 0 Å². The Balaban J connectivity index is 1.45. The number of para-hydroxylation sites is 1. The average Bonchev–Trinajstić information content (AvgIpc) is 3.11. The lowest BCUT2D eigenvalue weighted by Crippen LogP contribution is -2.56. The summed E-state index contributed by atoms with van der Waals surface area (Å²) in [6, 6.07) is 12.7. The predicted molar refractivity (Wildman–Crippen MR) is 96.4 cm³/mol. The summed E-state index contributed by atoms with van der Waals surface area (Å²) >= 11 is 0. The third-order valence-electron chi connectivity index (χ3n) is 5.15. The minimum Gasteiger partial charge on any atom is -0.336 e. The van der Waals surface area contributed by atoms with Gasteiger partial charge in [-0.25, -0.2) is 4.68 Å². The molecule has 0 spiro atoms. The Morgan fingerprint density at radius 3 is 2.88 bits per heavy atom. The SMILES string of the molecule is O=C1CNCCN1C1CCCN(Cc2ccnn2-c2ccccc2)C1. The molecule has 1 N–H and O–H groups in total. The van der Waals surface area contributed by atoms with Crippen LogP contribution in [0.25, 0.3) is 5.69 Å². The van der Waals surface area contributed by atoms with Gasteiger partial charge in [0.2, 0.25) is 5.91 Å². The highest BCUT2D eigenvalue weighted by Crippen LogP contribution is 2.20. The Bertz CT molecular complexity index is 714. The van der Waals surface area contributed by atoms with Gasteiger partial charge in [-0.2, -0.15) is 5.10 Å². The fourth-order valence-corrected chi connectivity index (χ4v) is 3.92. The Kier molecular flexibility index (Phi) is 4.81. The maximum atomic E-state index is 12.2. The number of benzene rings is 1. The van der Waals surface area contributed by atoms with Gasteiger partial charge in [0.15, 0.2) is 0 Å². The number of amides is 1. The minimum absolute atomic E-state index is 0.243. The number of nitrogens with one attached hydrogen (secondary N) is 1. The number of nitrogens with zero attached hydrogens (tertiary/aromatic N) is 4. The van der Waals surface area contributed by atoms with Crippen molar-refractivity contribution in [1.29, 1.82) is 0 Å². The van der Waals surface area contributed by atoms with Crippen LogP contribution in [0.2, 0.25) is 0 Å². The standard InChI is InChI=1S/C19H25N5O/c25-19-13-20-10-12-23(19)17-7-4-11-22(14-17)15-18-8-9-21-24(18)16-5-2-1-3-6-16/h1-3,5-6,8-9,17,20H,4,7,10-15H2. The van der Waals surface area contributed by atoms with E-state index in [4.69, 9.17) is 0 Å². The third-order valence-corrected chi connectivity index (χ3v) is 5.15. The number of hydrogen-bond donors (Lipinski definition) is 1. The van der Waals surface area contributed by atoms with Gasteiger partial charge in [0.25, 0.3) is 0 Å². The number of rotatable bonds is 4. The summed E-state index contributed by atoms with van der Waals surface area (Å²) in [5.41, 5.74) is 2.28. The summed E-state index contributed by atoms with van der Waals surface area (Å²) in [5.74, 6) is 0.243. The second-order valence-corrected chi connectivity index (χ2v) is 6.86. The Hall–Kier alpha value is -2.18. The Labute approximate surface area is 148 Å². The number of carbonyl (C=O) groups excluding carboxylic acids is 1. The van der Waals surface area contributed by atoms with Gasteiger partial charge in [0.1, 0.15) is 0 Å². The van der Waals surface area contributed by atoms with Crippen LogP contribution in [0.4, 0.5) is 0 Å². The van der Waals surface area contributed by atoms with Crippen LogP contribution in [-0.2, 0) is 11.3 Å². The fraction of sp³-hybridized carbons (Fsp3) is 0.474. The van der Waals surface area contributed by atoms with Crippen LogP contribution < -0.4 is 5.32 Å². The zero-order valence-electron chi connectivity index (χ0n) is 14.5. The maximum Gasteiger partial charge on any atom is 0.236 e. The van der Waals surface area contributed by atoms with Crippen LogP contribution in [0.3, 0.4) is 0 Å². The fourth-order valence-electron chi connectivity index (χ4n) is 3.92. The molecule has 1 aromatic carbocycles. The first-order valence-electron chi connectivity index (χ1n) is 9.12. The zero-order chi connectivity index (χ0) is 17.1. The third kappa shape index (κ3) is 3.60. The lowest BCUT2D eigenvalue weighted by molar-refractivity contribution is -0.135. The van der Waals surface area contributed by atoms with Crippen molar-refractivity contribution in [1.82, 2.24) is 24.9 Å². The molecule has 2 aliphatic rings. The van der Waals surface area contributed by atoms with E-state index < -0.39 is 0 Å². The van der Waals surface area contributed by atoms with Gasteiger partial charge >= 0.3 is 0 Å². The Morgan fingerprint density at radius 1 is 1.16 bits per heavy atom. The lowest BCUT2D eigenvalue weighted by atomic mass is 10.0. The number of likely N-dealkylation sites (tertiary alicyclic amines) is 1. The quantitative estimate of drug-likeness (QED) is 0.911. The normalized spacial score (nSPS) is 22.3. The van der Waals surface area contributed by atoms with Crippen molar-refractivity contribution in [2.75, 3.05) is 32.7 Å². The van der Waals surface area contributed by atoms with E-state index in [-0.39, 0.29) is 5.91 Å². The van der Waals surface area contributed by atoms with Crippen molar-refractivity contribution in [3.63, 3.8) is 0 Å². The number of aromatic nitrogens is 2. The summed E-state index contributed by atoms with van der Waals surface area (Å²) in [6.45, 7) is 5.12. The van der Waals surface area contributed by atoms with Gasteiger partial charge in [0.05, 0.1) is 17.9 Å². The van der Waals surface area contributed by atoms with E-state index in [1.165, 1.54) is 5.69 Å². The molecule has 2 aliphatic heterocycles. The van der Waals surface area contributed by atoms with Crippen LogP contribution >= 0.6 is 0 Å². The minimum atomic E-state index is 0.243. The molecule has 6 heteroatoms. The second-order valence-electron chi connectivity index (χ2n) is 6.86. The molecule has 0 aliphatic carbocycles. The maximum absolute atomic E-state index is 12.2. The molecule has 2 saturated heterocycles. The van der Waals surface area contributed by atoms with E-state index in [1.807, 2.05) is 29.1 Å². The molecule has 4 rings (SSSR count). The van der Waals surface area contributed by atoms with Crippen LogP contribution in [-0.4, -0.2) is 64.3 Å². The first-order chi connectivity index (χ1) is 12.3. The molecule has 1 aromatic heterocycles. The highest BCUT2D eigenvalue weighted by atomic mass is 16.2. The van der Waals surface area contributed by atoms with Gasteiger partial charge < -0.3 is 10.2 Å². The van der Waals surface area contributed by atoms with Crippen molar-refractivity contribution in [3.8, 4) is 5.69 Å². The van der Waals surface area contributed by atoms with Gasteiger partial charge in [-0.1, -0.05) is 18.2 Å². The molecule has 1 unspecified atom stereocenters. The first-order valence-corrected chi connectivity index (χ1v) is 9.12. The van der Waals surface area contributed by atoms with E-state index in [0.717, 1.165) is 51.3 Å². The summed E-state index contributed by atoms with van der Waals surface area (Å²) in [6.07, 6.45) is 4.12. The molecular weight excluding hydrogens is 314 g/mol. The van der Waals surface area contributed by atoms with Crippen LogP contribution in [0.1, 0.15) is 18.5 Å². The van der Waals surface area contributed by atoms with Gasteiger partial charge in [0, 0.05) is 38.4 Å². The van der Waals surface area contributed by atoms with Crippen molar-refractivity contribution in [3.05, 3.63) is 48.3 Å². The summed E-state index contributed by atoms with van der Waals surface area (Å²) in [7, 11) is 0. The molecule has 0 saturated carbocycles. The summed E-state index contributed by atoms with van der Waals surface area (Å²) in [5, 5.41) is 7.65. The van der Waals surface area contributed by atoms with E-state index in [9.17, 15) is 4.79 Å². The molecule has 1 amide bonds. The second kappa shape index (κ2) is 7.37.